The van der Waals surface area contributed by atoms with Crippen LogP contribution in [0.5, 0.6) is 0 Å². The number of urea groups is 1. The highest BCUT2D eigenvalue weighted by Gasteiger charge is 2.07. The molecule has 0 bridgehead atoms. The molecule has 2 aromatic rings. The van der Waals surface area contributed by atoms with E-state index in [1.807, 2.05) is 19.2 Å². The Hall–Kier alpha value is -2.66. The topological polar surface area (TPSA) is 121 Å². The van der Waals surface area contributed by atoms with Gasteiger partial charge < -0.3 is 15.4 Å². The van der Waals surface area contributed by atoms with Gasteiger partial charge in [0.25, 0.3) is 0 Å². The first kappa shape index (κ1) is 24.6. The summed E-state index contributed by atoms with van der Waals surface area (Å²) in [5, 5.41) is 10.1. The van der Waals surface area contributed by atoms with Crippen molar-refractivity contribution < 1.29 is 19.1 Å². The zero-order valence-corrected chi connectivity index (χ0v) is 19.6. The molecule has 11 heteroatoms. The number of amides is 4. The number of aromatic nitrogens is 1. The fourth-order valence-electron chi connectivity index (χ4n) is 2.49. The Morgan fingerprint density at radius 3 is 2.65 bits per heavy atom. The minimum absolute atomic E-state index is 0.115. The Bertz CT molecular complexity index is 865. The first-order chi connectivity index (χ1) is 14.8. The van der Waals surface area contributed by atoms with Gasteiger partial charge in [-0.05, 0) is 48.6 Å². The first-order valence-corrected chi connectivity index (χ1v) is 11.8. The molecule has 2 heterocycles. The van der Waals surface area contributed by atoms with Crippen LogP contribution in [0.25, 0.3) is 0 Å². The number of aryl methyl sites for hydroxylation is 3. The van der Waals surface area contributed by atoms with E-state index in [1.165, 1.54) is 28.7 Å². The summed E-state index contributed by atoms with van der Waals surface area (Å²) in [6.07, 6.45) is 2.67. The van der Waals surface area contributed by atoms with Crippen molar-refractivity contribution in [1.29, 1.82) is 0 Å². The molecule has 0 atom stereocenters. The van der Waals surface area contributed by atoms with E-state index in [0.717, 1.165) is 31.4 Å². The van der Waals surface area contributed by atoms with Gasteiger partial charge in [0.1, 0.15) is 0 Å². The summed E-state index contributed by atoms with van der Waals surface area (Å²) in [6, 6.07) is 1.70. The number of hydrogen-bond acceptors (Lipinski definition) is 7. The normalized spacial score (nSPS) is 10.6. The highest BCUT2D eigenvalue weighted by atomic mass is 32.1. The zero-order chi connectivity index (χ0) is 22.6. The van der Waals surface area contributed by atoms with Gasteiger partial charge in [0.15, 0.2) is 5.13 Å². The smallest absolute Gasteiger partial charge is 0.426 e. The average molecular weight is 468 g/mol. The van der Waals surface area contributed by atoms with Crippen LogP contribution in [0.1, 0.15) is 43.3 Å². The van der Waals surface area contributed by atoms with Crippen LogP contribution in [0.3, 0.4) is 0 Å². The second kappa shape index (κ2) is 12.9. The standard InChI is InChI=1S/C20H29N5O4S2/c1-13(2)10-29-20(28)25-24-18(27)21-8-4-5-17-9-15(11-30-17)6-7-16-12-31-19(23-16)22-14(3)26/h9,11-13H,4-8,10H2,1-3H3,(H,25,28)(H2,21,24,27)(H,22,23,26). The summed E-state index contributed by atoms with van der Waals surface area (Å²) >= 11 is 3.13. The number of carbonyl (C=O) groups is 3. The summed E-state index contributed by atoms with van der Waals surface area (Å²) in [6.45, 7) is 6.11. The third-order valence-electron chi connectivity index (χ3n) is 3.92. The van der Waals surface area contributed by atoms with Gasteiger partial charge in [0.05, 0.1) is 12.3 Å². The van der Waals surface area contributed by atoms with E-state index >= 15 is 0 Å². The fourth-order valence-corrected chi connectivity index (χ4v) is 4.25. The first-order valence-electron chi connectivity index (χ1n) is 10.1. The lowest BCUT2D eigenvalue weighted by atomic mass is 10.1. The van der Waals surface area contributed by atoms with Gasteiger partial charge in [0, 0.05) is 23.7 Å². The van der Waals surface area contributed by atoms with E-state index in [2.05, 4.69) is 37.9 Å². The Kier molecular flexibility index (Phi) is 10.2. The minimum atomic E-state index is -0.682. The summed E-state index contributed by atoms with van der Waals surface area (Å²) in [4.78, 5) is 39.7. The van der Waals surface area contributed by atoms with Gasteiger partial charge in [-0.3, -0.25) is 4.79 Å². The number of carbonyl (C=O) groups excluding carboxylic acids is 3. The van der Waals surface area contributed by atoms with Crippen molar-refractivity contribution in [3.63, 3.8) is 0 Å². The van der Waals surface area contributed by atoms with Gasteiger partial charge in [-0.1, -0.05) is 13.8 Å². The van der Waals surface area contributed by atoms with Crippen LogP contribution in [0.15, 0.2) is 16.8 Å². The predicted octanol–water partition coefficient (Wildman–Crippen LogP) is 3.48. The van der Waals surface area contributed by atoms with Crippen LogP contribution in [-0.2, 0) is 28.8 Å². The minimum Gasteiger partial charge on any atom is -0.448 e. The highest BCUT2D eigenvalue weighted by Crippen LogP contribution is 2.20. The van der Waals surface area contributed by atoms with Crippen molar-refractivity contribution >= 4 is 45.8 Å². The molecule has 0 aliphatic rings. The number of rotatable bonds is 10. The average Bonchev–Trinajstić information content (AvgIpc) is 3.35. The van der Waals surface area contributed by atoms with Crippen LogP contribution in [0, 0.1) is 5.92 Å². The number of thiophene rings is 1. The monoisotopic (exact) mass is 467 g/mol. The molecule has 4 N–H and O–H groups in total. The number of hydrogen-bond donors (Lipinski definition) is 4. The summed E-state index contributed by atoms with van der Waals surface area (Å²) < 4.78 is 4.89. The van der Waals surface area contributed by atoms with Crippen LogP contribution >= 0.6 is 22.7 Å². The van der Waals surface area contributed by atoms with Crippen molar-refractivity contribution in [2.24, 2.45) is 5.92 Å². The van der Waals surface area contributed by atoms with Gasteiger partial charge in [-0.15, -0.1) is 22.7 Å². The van der Waals surface area contributed by atoms with Crippen molar-refractivity contribution in [3.8, 4) is 0 Å². The molecule has 0 aliphatic heterocycles. The molecule has 0 aromatic carbocycles. The van der Waals surface area contributed by atoms with E-state index in [4.69, 9.17) is 4.74 Å². The lowest BCUT2D eigenvalue weighted by molar-refractivity contribution is -0.114. The predicted molar refractivity (Wildman–Crippen MR) is 122 cm³/mol. The third-order valence-corrected chi connectivity index (χ3v) is 5.78. The van der Waals surface area contributed by atoms with Crippen molar-refractivity contribution in [2.75, 3.05) is 18.5 Å². The summed E-state index contributed by atoms with van der Waals surface area (Å²) in [5.41, 5.74) is 6.67. The Balaban J connectivity index is 1.59. The molecule has 0 saturated carbocycles. The Morgan fingerprint density at radius 1 is 1.10 bits per heavy atom. The Labute approximate surface area is 190 Å². The van der Waals surface area contributed by atoms with Crippen molar-refractivity contribution in [2.45, 2.75) is 46.5 Å². The van der Waals surface area contributed by atoms with Crippen LogP contribution in [-0.4, -0.2) is 36.2 Å². The number of nitrogens with zero attached hydrogens (tertiary/aromatic N) is 1. The van der Waals surface area contributed by atoms with Gasteiger partial charge in [0.2, 0.25) is 5.91 Å². The highest BCUT2D eigenvalue weighted by molar-refractivity contribution is 7.13. The SMILES string of the molecule is CC(=O)Nc1nc(CCc2csc(CCCNC(=O)NNC(=O)OCC(C)C)c2)cs1. The van der Waals surface area contributed by atoms with Gasteiger partial charge in [-0.25, -0.2) is 25.4 Å². The summed E-state index contributed by atoms with van der Waals surface area (Å²) in [7, 11) is 0. The maximum Gasteiger partial charge on any atom is 0.426 e. The van der Waals surface area contributed by atoms with Gasteiger partial charge in [-0.2, -0.15) is 0 Å². The van der Waals surface area contributed by atoms with Crippen LogP contribution < -0.4 is 21.5 Å². The van der Waals surface area contributed by atoms with E-state index in [1.54, 1.807) is 11.3 Å². The zero-order valence-electron chi connectivity index (χ0n) is 17.9. The number of nitrogens with one attached hydrogen (secondary N) is 4. The molecule has 0 spiro atoms. The lowest BCUT2D eigenvalue weighted by Gasteiger charge is -2.10. The lowest BCUT2D eigenvalue weighted by Crippen LogP contribution is -2.47. The van der Waals surface area contributed by atoms with Crippen LogP contribution in [0.2, 0.25) is 0 Å². The molecule has 0 aliphatic carbocycles. The number of hydrazine groups is 1. The van der Waals surface area contributed by atoms with Crippen molar-refractivity contribution in [1.82, 2.24) is 21.2 Å². The third kappa shape index (κ3) is 10.3. The molecule has 4 amide bonds. The molecular weight excluding hydrogens is 438 g/mol. The number of anilines is 1. The molecule has 0 saturated heterocycles. The molecule has 170 valence electrons. The van der Waals surface area contributed by atoms with E-state index in [9.17, 15) is 14.4 Å². The van der Waals surface area contributed by atoms with E-state index < -0.39 is 12.1 Å². The van der Waals surface area contributed by atoms with Crippen molar-refractivity contribution in [3.05, 3.63) is 33.0 Å². The molecule has 9 nitrogen and oxygen atoms in total. The molecule has 31 heavy (non-hydrogen) atoms. The number of ether oxygens (including phenoxy) is 1. The maximum atomic E-state index is 11.7. The fraction of sp³-hybridized carbons (Fsp3) is 0.500. The molecule has 0 fully saturated rings. The quantitative estimate of drug-likeness (QED) is 0.315. The van der Waals surface area contributed by atoms with Gasteiger partial charge >= 0.3 is 12.1 Å². The van der Waals surface area contributed by atoms with Crippen LogP contribution in [0.4, 0.5) is 14.7 Å². The summed E-state index contributed by atoms with van der Waals surface area (Å²) in [5.74, 6) is 0.114. The Morgan fingerprint density at radius 2 is 1.90 bits per heavy atom. The second-order valence-corrected chi connectivity index (χ2v) is 9.20. The molecule has 2 rings (SSSR count). The largest absolute Gasteiger partial charge is 0.448 e. The number of thiazole rings is 1. The van der Waals surface area contributed by atoms with E-state index in [-0.39, 0.29) is 11.8 Å². The maximum absolute atomic E-state index is 11.7. The molecule has 2 aromatic heterocycles. The molecule has 0 radical (unpaired) electrons. The molecule has 0 unspecified atom stereocenters. The van der Waals surface area contributed by atoms with E-state index in [0.29, 0.717) is 18.3 Å². The second-order valence-electron chi connectivity index (χ2n) is 7.35. The molecular formula is C20H29N5O4S2.